The number of hydrogen-bond acceptors (Lipinski definition) is 4. The summed E-state index contributed by atoms with van der Waals surface area (Å²) in [7, 11) is 0. The van der Waals surface area contributed by atoms with Crippen molar-refractivity contribution in [3.05, 3.63) is 53.5 Å². The fourth-order valence-electron chi connectivity index (χ4n) is 2.13. The summed E-state index contributed by atoms with van der Waals surface area (Å²) < 4.78 is 0. The van der Waals surface area contributed by atoms with Gasteiger partial charge in [-0.2, -0.15) is 0 Å². The third kappa shape index (κ3) is 3.09. The summed E-state index contributed by atoms with van der Waals surface area (Å²) in [4.78, 5) is 13.5. The fraction of sp³-hybridized carbons (Fsp3) is 0. The van der Waals surface area contributed by atoms with Crippen LogP contribution in [-0.2, 0) is 0 Å². The van der Waals surface area contributed by atoms with Crippen molar-refractivity contribution in [2.24, 2.45) is 10.7 Å². The average Bonchev–Trinajstić information content (AvgIpc) is 3.01. The first-order valence-electron chi connectivity index (χ1n) is 6.84. The smallest absolute Gasteiger partial charge is 0.279 e. The van der Waals surface area contributed by atoms with Crippen LogP contribution in [0.1, 0.15) is 4.88 Å². The molecule has 0 saturated carbocycles. The number of benzene rings is 1. The highest BCUT2D eigenvalue weighted by Gasteiger charge is 2.19. The van der Waals surface area contributed by atoms with Crippen molar-refractivity contribution in [2.45, 2.75) is 0 Å². The van der Waals surface area contributed by atoms with Crippen LogP contribution in [0.3, 0.4) is 0 Å². The van der Waals surface area contributed by atoms with Gasteiger partial charge in [-0.15, -0.1) is 11.3 Å². The van der Waals surface area contributed by atoms with Crippen LogP contribution in [0.15, 0.2) is 53.7 Å². The van der Waals surface area contributed by atoms with Gasteiger partial charge in [0.25, 0.3) is 12.2 Å². The number of aliphatic imine (C=N–C) groups is 1. The second-order valence-corrected chi connectivity index (χ2v) is 5.69. The van der Waals surface area contributed by atoms with Crippen molar-refractivity contribution in [1.29, 1.82) is 0 Å². The van der Waals surface area contributed by atoms with Gasteiger partial charge in [-0.3, -0.25) is 5.41 Å². The standard InChI is InChI=1S/C16H14N6S/c17-9-21-15(19)14-13(10-4-2-1-3-5-10)22-16(23-14)11-6-7-20-12(18)8-11/h1-9H,(H2,18,20)(H3,17,19,21)/p+1. The number of thiazole rings is 1. The molecule has 2 aromatic heterocycles. The maximum absolute atomic E-state index is 6.04. The number of nitrogens with two attached hydrogens (primary N) is 3. The van der Waals surface area contributed by atoms with Crippen molar-refractivity contribution in [3.63, 3.8) is 0 Å². The number of aromatic nitrogens is 2. The molecule has 0 radical (unpaired) electrons. The van der Waals surface area contributed by atoms with Crippen LogP contribution in [-0.4, -0.2) is 22.1 Å². The van der Waals surface area contributed by atoms with Gasteiger partial charge >= 0.3 is 0 Å². The molecule has 114 valence electrons. The molecule has 3 aromatic rings. The Morgan fingerprint density at radius 2 is 1.96 bits per heavy atom. The van der Waals surface area contributed by atoms with E-state index in [1.54, 1.807) is 12.3 Å². The molecule has 6 N–H and O–H groups in total. The van der Waals surface area contributed by atoms with Crippen LogP contribution < -0.4 is 16.9 Å². The Balaban J connectivity index is 2.18. The highest BCUT2D eigenvalue weighted by molar-refractivity contribution is 7.17. The van der Waals surface area contributed by atoms with Gasteiger partial charge < -0.3 is 11.5 Å². The van der Waals surface area contributed by atoms with E-state index in [9.17, 15) is 0 Å². The Morgan fingerprint density at radius 1 is 1.17 bits per heavy atom. The third-order valence-corrected chi connectivity index (χ3v) is 4.28. The highest BCUT2D eigenvalue weighted by atomic mass is 32.1. The summed E-state index contributed by atoms with van der Waals surface area (Å²) in [6, 6.07) is 13.4. The number of anilines is 1. The van der Waals surface area contributed by atoms with Gasteiger partial charge in [0, 0.05) is 17.3 Å². The first-order chi connectivity index (χ1) is 11.2. The van der Waals surface area contributed by atoms with Crippen molar-refractivity contribution in [1.82, 2.24) is 9.97 Å². The SMILES string of the molecule is NC(=NC=[NH2+])c1sc(-c2ccnc(N)c2)nc1-c1ccccc1. The Bertz CT molecular complexity index is 869. The second-order valence-electron chi connectivity index (χ2n) is 4.70. The monoisotopic (exact) mass is 323 g/mol. The van der Waals surface area contributed by atoms with Crippen molar-refractivity contribution < 1.29 is 5.41 Å². The molecule has 1 aromatic carbocycles. The Kier molecular flexibility index (Phi) is 4.11. The van der Waals surface area contributed by atoms with E-state index in [0.717, 1.165) is 26.7 Å². The normalized spacial score (nSPS) is 11.4. The first-order valence-corrected chi connectivity index (χ1v) is 7.66. The van der Waals surface area contributed by atoms with E-state index in [2.05, 4.69) is 9.98 Å². The lowest BCUT2D eigenvalue weighted by Crippen LogP contribution is -2.30. The third-order valence-electron chi connectivity index (χ3n) is 3.15. The molecular weight excluding hydrogens is 308 g/mol. The number of pyridine rings is 1. The largest absolute Gasteiger partial charge is 0.384 e. The summed E-state index contributed by atoms with van der Waals surface area (Å²) >= 11 is 1.44. The van der Waals surface area contributed by atoms with Crippen LogP contribution in [0, 0.1) is 0 Å². The van der Waals surface area contributed by atoms with E-state index in [0.29, 0.717) is 11.7 Å². The van der Waals surface area contributed by atoms with E-state index < -0.39 is 0 Å². The average molecular weight is 323 g/mol. The van der Waals surface area contributed by atoms with Gasteiger partial charge in [0.15, 0.2) is 0 Å². The minimum absolute atomic E-state index is 0.331. The molecule has 0 saturated heterocycles. The molecule has 0 unspecified atom stereocenters. The molecule has 3 rings (SSSR count). The summed E-state index contributed by atoms with van der Waals surface area (Å²) in [6.07, 6.45) is 2.83. The van der Waals surface area contributed by atoms with Gasteiger partial charge in [-0.25, -0.2) is 9.97 Å². The molecule has 0 bridgehead atoms. The zero-order chi connectivity index (χ0) is 16.2. The molecule has 2 heterocycles. The lowest BCUT2D eigenvalue weighted by Gasteiger charge is -1.98. The van der Waals surface area contributed by atoms with Crippen LogP contribution >= 0.6 is 11.3 Å². The number of hydrogen-bond donors (Lipinski definition) is 3. The number of amidine groups is 1. The predicted molar refractivity (Wildman–Crippen MR) is 93.9 cm³/mol. The van der Waals surface area contributed by atoms with Gasteiger partial charge in [0.2, 0.25) is 0 Å². The van der Waals surface area contributed by atoms with Crippen molar-refractivity contribution in [3.8, 4) is 21.8 Å². The molecule has 0 atom stereocenters. The minimum Gasteiger partial charge on any atom is -0.384 e. The van der Waals surface area contributed by atoms with E-state index in [4.69, 9.17) is 21.9 Å². The summed E-state index contributed by atoms with van der Waals surface area (Å²) in [5.74, 6) is 0.773. The first kappa shape index (κ1) is 14.9. The number of nitrogens with zero attached hydrogens (tertiary/aromatic N) is 3. The van der Waals surface area contributed by atoms with Crippen molar-refractivity contribution in [2.75, 3.05) is 5.73 Å². The number of rotatable bonds is 4. The molecule has 0 spiro atoms. The highest BCUT2D eigenvalue weighted by Crippen LogP contribution is 2.34. The minimum atomic E-state index is 0.331. The second kappa shape index (κ2) is 6.37. The maximum atomic E-state index is 6.04. The number of nitrogen functional groups attached to an aromatic ring is 1. The predicted octanol–water partition coefficient (Wildman–Crippen LogP) is 0.947. The van der Waals surface area contributed by atoms with Gasteiger partial charge in [-0.1, -0.05) is 30.3 Å². The van der Waals surface area contributed by atoms with E-state index in [-0.39, 0.29) is 0 Å². The van der Waals surface area contributed by atoms with Gasteiger partial charge in [-0.05, 0) is 17.1 Å². The molecule has 0 amide bonds. The lowest BCUT2D eigenvalue weighted by molar-refractivity contribution is -0.106. The van der Waals surface area contributed by atoms with Crippen molar-refractivity contribution >= 4 is 29.3 Å². The Hall–Kier alpha value is -3.06. The summed E-state index contributed by atoms with van der Waals surface area (Å²) in [6.45, 7) is 0. The lowest BCUT2D eigenvalue weighted by atomic mass is 10.1. The van der Waals surface area contributed by atoms with E-state index >= 15 is 0 Å². The van der Waals surface area contributed by atoms with Crippen LogP contribution in [0.25, 0.3) is 21.8 Å². The van der Waals surface area contributed by atoms with E-state index in [1.807, 2.05) is 36.4 Å². The quantitative estimate of drug-likeness (QED) is 0.489. The zero-order valence-corrected chi connectivity index (χ0v) is 13.0. The maximum Gasteiger partial charge on any atom is 0.279 e. The Labute approximate surface area is 137 Å². The zero-order valence-electron chi connectivity index (χ0n) is 12.2. The van der Waals surface area contributed by atoms with Crippen LogP contribution in [0.5, 0.6) is 0 Å². The molecule has 23 heavy (non-hydrogen) atoms. The Morgan fingerprint density at radius 3 is 2.65 bits per heavy atom. The molecule has 0 aliphatic carbocycles. The molecular formula is C16H15N6S+. The molecule has 7 heteroatoms. The van der Waals surface area contributed by atoms with Gasteiger partial charge in [0.05, 0.1) is 5.69 Å². The summed E-state index contributed by atoms with van der Waals surface area (Å²) in [5, 5.41) is 6.15. The molecule has 0 aliphatic heterocycles. The van der Waals surface area contributed by atoms with Gasteiger partial charge in [0.1, 0.15) is 15.7 Å². The van der Waals surface area contributed by atoms with E-state index in [1.165, 1.54) is 17.7 Å². The van der Waals surface area contributed by atoms with Crippen LogP contribution in [0.2, 0.25) is 0 Å². The molecule has 6 nitrogen and oxygen atoms in total. The molecule has 0 aliphatic rings. The van der Waals surface area contributed by atoms with Crippen LogP contribution in [0.4, 0.5) is 5.82 Å². The molecule has 0 fully saturated rings. The summed E-state index contributed by atoms with van der Waals surface area (Å²) in [5.41, 5.74) is 14.4. The fourth-order valence-corrected chi connectivity index (χ4v) is 3.12. The topological polar surface area (TPSA) is 116 Å².